The Morgan fingerprint density at radius 2 is 1.38 bits per heavy atom. The van der Waals surface area contributed by atoms with E-state index in [9.17, 15) is 53.4 Å². The van der Waals surface area contributed by atoms with Gasteiger partial charge in [-0.2, -0.15) is 0 Å². The quantitative estimate of drug-likeness (QED) is 0.112. The minimum Gasteiger partial charge on any atom is -0.480 e. The van der Waals surface area contributed by atoms with E-state index in [0.29, 0.717) is 6.42 Å². The van der Waals surface area contributed by atoms with Crippen molar-refractivity contribution in [2.45, 2.75) is 123 Å². The fourth-order valence-electron chi connectivity index (χ4n) is 6.64. The number of amides is 7. The lowest BCUT2D eigenvalue weighted by atomic mass is 9.94. The number of rotatable bonds is 11. The van der Waals surface area contributed by atoms with Gasteiger partial charge in [-0.3, -0.25) is 33.6 Å². The molecule has 0 aliphatic carbocycles. The van der Waals surface area contributed by atoms with Crippen LogP contribution in [0.15, 0.2) is 66.4 Å². The summed E-state index contributed by atoms with van der Waals surface area (Å²) in [6, 6.07) is 1.34. The van der Waals surface area contributed by atoms with E-state index in [-0.39, 0.29) is 24.4 Å². The Balaban J connectivity index is 2.54. The molecular weight excluding hydrogens is 831 g/mol. The van der Waals surface area contributed by atoms with Crippen LogP contribution >= 0.6 is 0 Å². The Morgan fingerprint density at radius 3 is 1.95 bits per heavy atom. The zero-order valence-electron chi connectivity index (χ0n) is 38.0. The lowest BCUT2D eigenvalue weighted by Crippen LogP contribution is -2.58. The molecule has 1 aliphatic rings. The highest BCUT2D eigenvalue weighted by atomic mass is 16.5. The number of benzene rings is 1. The van der Waals surface area contributed by atoms with E-state index in [1.165, 1.54) is 33.8 Å². The first-order chi connectivity index (χ1) is 29.9. The molecular formula is C45H65N7O12. The van der Waals surface area contributed by atoms with Crippen molar-refractivity contribution in [3.8, 4) is 0 Å². The van der Waals surface area contributed by atoms with Crippen LogP contribution in [-0.2, 0) is 54.3 Å². The van der Waals surface area contributed by atoms with Gasteiger partial charge in [0.2, 0.25) is 35.4 Å². The van der Waals surface area contributed by atoms with Crippen LogP contribution in [0.5, 0.6) is 0 Å². The molecule has 19 nitrogen and oxygen atoms in total. The molecule has 2 rings (SSSR count). The number of ether oxygens (including phenoxy) is 1. The molecule has 19 heteroatoms. The summed E-state index contributed by atoms with van der Waals surface area (Å²) in [6.07, 6.45) is 4.73. The zero-order chi connectivity index (χ0) is 48.4. The number of hydrogen-bond donors (Lipinski definition) is 9. The second-order valence-electron chi connectivity index (χ2n) is 16.6. The lowest BCUT2D eigenvalue weighted by Gasteiger charge is -2.27. The molecule has 1 aromatic carbocycles. The highest BCUT2D eigenvalue weighted by Crippen LogP contribution is 2.18. The lowest BCUT2D eigenvalue weighted by molar-refractivity contribution is -0.146. The van der Waals surface area contributed by atoms with Gasteiger partial charge in [0.25, 0.3) is 5.91 Å². The summed E-state index contributed by atoms with van der Waals surface area (Å²) < 4.78 is 5.77. The molecule has 1 aliphatic heterocycles. The monoisotopic (exact) mass is 895 g/mol. The number of carbonyl (C=O) groups is 9. The van der Waals surface area contributed by atoms with E-state index in [4.69, 9.17) is 4.74 Å². The number of aliphatic carboxylic acids is 2. The van der Waals surface area contributed by atoms with E-state index >= 15 is 0 Å². The smallest absolute Gasteiger partial charge is 0.327 e. The topological polar surface area (TPSA) is 288 Å². The third kappa shape index (κ3) is 17.4. The van der Waals surface area contributed by atoms with Crippen LogP contribution in [0.1, 0.15) is 80.2 Å². The van der Waals surface area contributed by atoms with Crippen LogP contribution in [0.2, 0.25) is 0 Å². The van der Waals surface area contributed by atoms with Gasteiger partial charge in [-0.1, -0.05) is 95.3 Å². The Bertz CT molecular complexity index is 1930. The second kappa shape index (κ2) is 25.7. The Hall–Kier alpha value is -6.37. The number of carboxylic acids is 2. The van der Waals surface area contributed by atoms with E-state index in [0.717, 1.165) is 11.1 Å². The molecule has 64 heavy (non-hydrogen) atoms. The summed E-state index contributed by atoms with van der Waals surface area (Å²) in [6.45, 7) is 16.1. The van der Waals surface area contributed by atoms with E-state index in [1.54, 1.807) is 27.0 Å². The van der Waals surface area contributed by atoms with Crippen molar-refractivity contribution in [3.63, 3.8) is 0 Å². The van der Waals surface area contributed by atoms with Crippen molar-refractivity contribution < 1.29 is 58.1 Å². The average molecular weight is 896 g/mol. The largest absolute Gasteiger partial charge is 0.480 e. The van der Waals surface area contributed by atoms with E-state index in [2.05, 4.69) is 43.8 Å². The Morgan fingerprint density at radius 1 is 0.781 bits per heavy atom. The van der Waals surface area contributed by atoms with Gasteiger partial charge < -0.3 is 52.2 Å². The number of carboxylic acid groups (broad SMARTS) is 2. The first-order valence-corrected chi connectivity index (χ1v) is 21.2. The third-order valence-electron chi connectivity index (χ3n) is 10.7. The third-order valence-corrected chi connectivity index (χ3v) is 10.7. The van der Waals surface area contributed by atoms with Crippen LogP contribution in [0, 0.1) is 23.7 Å². The number of hydrogen-bond acceptors (Lipinski definition) is 10. The molecule has 0 saturated carbocycles. The van der Waals surface area contributed by atoms with Gasteiger partial charge in [0, 0.05) is 19.4 Å². The molecule has 1 fully saturated rings. The molecule has 0 spiro atoms. The molecule has 10 unspecified atom stereocenters. The maximum Gasteiger partial charge on any atom is 0.327 e. The predicted octanol–water partition coefficient (Wildman–Crippen LogP) is 1.24. The molecule has 1 heterocycles. The summed E-state index contributed by atoms with van der Waals surface area (Å²) in [4.78, 5) is 118. The normalized spacial score (nSPS) is 26.8. The van der Waals surface area contributed by atoms with Gasteiger partial charge in [0.05, 0.1) is 29.7 Å². The first-order valence-electron chi connectivity index (χ1n) is 21.2. The molecule has 0 aromatic heterocycles. The highest BCUT2D eigenvalue weighted by Gasteiger charge is 2.36. The standard InChI is InChI=1S/C45H65N7O12/c1-23(2)20-34-43(59)52-37(45(62)63)27(6)39(55)47-29(8)41(57)49-32(17-16-24(3)21-25(4)35(64-10)22-31-14-12-11-13-15-31)26(5)38(54)50-33(44(60)61)18-19-36(53)46-28(7)40(56)48-30(9)42(58)51-34/h11-17,21,23,25-27,29-30,32-35,37H,7,18-20,22H2,1-6,8-10H3,(H,46,53)(H,47,55)(H,48,56)(H,49,57)(H,50,54)(H,51,58)(H,52,59)(H,60,61)(H,62,63). The fraction of sp³-hybridized carbons (Fsp3) is 0.533. The summed E-state index contributed by atoms with van der Waals surface area (Å²) in [5.74, 6) is -12.1. The van der Waals surface area contributed by atoms with Crippen molar-refractivity contribution in [1.29, 1.82) is 0 Å². The van der Waals surface area contributed by atoms with Gasteiger partial charge >= 0.3 is 11.9 Å². The number of nitrogens with one attached hydrogen (secondary N) is 7. The van der Waals surface area contributed by atoms with Crippen molar-refractivity contribution in [3.05, 3.63) is 72.0 Å². The number of carbonyl (C=O) groups excluding carboxylic acids is 7. The summed E-state index contributed by atoms with van der Waals surface area (Å²) >= 11 is 0. The minimum absolute atomic E-state index is 0.0319. The van der Waals surface area contributed by atoms with Crippen molar-refractivity contribution >= 4 is 53.3 Å². The highest BCUT2D eigenvalue weighted by molar-refractivity contribution is 6.00. The molecule has 10 atom stereocenters. The van der Waals surface area contributed by atoms with Crippen LogP contribution in [0.3, 0.4) is 0 Å². The van der Waals surface area contributed by atoms with Gasteiger partial charge in [0.1, 0.15) is 30.2 Å². The van der Waals surface area contributed by atoms with Crippen molar-refractivity contribution in [2.75, 3.05) is 7.11 Å². The Labute approximate surface area is 374 Å². The van der Waals surface area contributed by atoms with Crippen molar-refractivity contribution in [2.24, 2.45) is 23.7 Å². The molecule has 1 saturated heterocycles. The zero-order valence-corrected chi connectivity index (χ0v) is 38.0. The summed E-state index contributed by atoms with van der Waals surface area (Å²) in [5, 5.41) is 37.0. The maximum atomic E-state index is 13.7. The van der Waals surface area contributed by atoms with Gasteiger partial charge in [-0.15, -0.1) is 0 Å². The Kier molecular flexibility index (Phi) is 21.6. The van der Waals surface area contributed by atoms with Crippen LogP contribution in [-0.4, -0.2) is 113 Å². The average Bonchev–Trinajstić information content (AvgIpc) is 3.22. The molecule has 9 N–H and O–H groups in total. The predicted molar refractivity (Wildman–Crippen MR) is 236 cm³/mol. The van der Waals surface area contributed by atoms with Crippen LogP contribution in [0.25, 0.3) is 0 Å². The van der Waals surface area contributed by atoms with Gasteiger partial charge in [-0.05, 0) is 51.5 Å². The molecule has 352 valence electrons. The molecule has 0 radical (unpaired) electrons. The molecule has 1 aromatic rings. The molecule has 7 amide bonds. The van der Waals surface area contributed by atoms with E-state index in [1.807, 2.05) is 50.3 Å². The fourth-order valence-corrected chi connectivity index (χ4v) is 6.64. The SMILES string of the molecule is C=C1NC(=O)CCC(C(=O)O)NC(=O)C(C)C(C=CC(C)=CC(C)C(Cc2ccccc2)OC)NC(=O)C(C)NC(=O)C(C)C(C(=O)O)NC(=O)C(CC(C)C)NC(=O)C(C)NC1=O. The van der Waals surface area contributed by atoms with Crippen molar-refractivity contribution in [1.82, 2.24) is 37.2 Å². The van der Waals surface area contributed by atoms with Gasteiger partial charge in [0.15, 0.2) is 0 Å². The summed E-state index contributed by atoms with van der Waals surface area (Å²) in [5.41, 5.74) is 1.33. The minimum atomic E-state index is -1.82. The molecule has 0 bridgehead atoms. The first kappa shape index (κ1) is 53.8. The second-order valence-corrected chi connectivity index (χ2v) is 16.6. The van der Waals surface area contributed by atoms with Crippen LogP contribution in [0.4, 0.5) is 0 Å². The maximum absolute atomic E-state index is 13.7. The number of allylic oxidation sites excluding steroid dienone is 2. The van der Waals surface area contributed by atoms with E-state index < -0.39 is 120 Å². The van der Waals surface area contributed by atoms with Crippen LogP contribution < -0.4 is 37.2 Å². The number of methoxy groups -OCH3 is 1. The summed E-state index contributed by atoms with van der Waals surface area (Å²) in [7, 11) is 1.62. The van der Waals surface area contributed by atoms with Gasteiger partial charge in [-0.25, -0.2) is 9.59 Å².